The van der Waals surface area contributed by atoms with Gasteiger partial charge in [0.05, 0.1) is 15.2 Å². The molecule has 5 nitrogen and oxygen atoms in total. The predicted molar refractivity (Wildman–Crippen MR) is 54.6 cm³/mol. The molecule has 1 heterocycles. The van der Waals surface area contributed by atoms with Crippen LogP contribution in [0.5, 0.6) is 0 Å². The molecule has 15 heavy (non-hydrogen) atoms. The van der Waals surface area contributed by atoms with Gasteiger partial charge >= 0.3 is 11.9 Å². The van der Waals surface area contributed by atoms with E-state index in [1.54, 1.807) is 11.9 Å². The molecule has 1 aliphatic heterocycles. The van der Waals surface area contributed by atoms with E-state index in [-0.39, 0.29) is 14.6 Å². The average Bonchev–Trinajstić information content (AvgIpc) is 2.17. The van der Waals surface area contributed by atoms with Crippen molar-refractivity contribution < 1.29 is 24.3 Å². The first kappa shape index (κ1) is 11.7. The highest BCUT2D eigenvalue weighted by molar-refractivity contribution is 7.36. The van der Waals surface area contributed by atoms with Crippen LogP contribution in [0.3, 0.4) is 0 Å². The number of hydrogen-bond acceptors (Lipinski definition) is 3. The first-order chi connectivity index (χ1) is 6.97. The van der Waals surface area contributed by atoms with E-state index in [1.165, 1.54) is 13.0 Å². The van der Waals surface area contributed by atoms with Crippen molar-refractivity contribution >= 4 is 20.7 Å². The molecule has 0 saturated carbocycles. The van der Waals surface area contributed by atoms with Gasteiger partial charge in [-0.05, 0) is 18.8 Å². The molecule has 0 aromatic rings. The largest absolute Gasteiger partial charge is 0.481 e. The van der Waals surface area contributed by atoms with E-state index in [0.29, 0.717) is 0 Å². The van der Waals surface area contributed by atoms with E-state index in [9.17, 15) is 9.59 Å². The van der Waals surface area contributed by atoms with Crippen LogP contribution in [0.2, 0.25) is 0 Å². The van der Waals surface area contributed by atoms with E-state index >= 15 is 0 Å². The van der Waals surface area contributed by atoms with Gasteiger partial charge in [0.2, 0.25) is 0 Å². The summed E-state index contributed by atoms with van der Waals surface area (Å²) < 4.78 is 5.16. The monoisotopic (exact) mass is 230 g/mol. The lowest BCUT2D eigenvalue weighted by molar-refractivity contribution is -0.153. The Kier molecular flexibility index (Phi) is 3.48. The third-order valence-corrected chi connectivity index (χ3v) is 2.77. The Hall–Kier alpha value is -1.35. The van der Waals surface area contributed by atoms with Crippen molar-refractivity contribution in [3.05, 3.63) is 23.7 Å². The quantitative estimate of drug-likeness (QED) is 0.716. The van der Waals surface area contributed by atoms with Crippen LogP contribution in [0.4, 0.5) is 0 Å². The first-order valence-corrected chi connectivity index (χ1v) is 5.20. The normalized spacial score (nSPS) is 20.2. The highest BCUT2D eigenvalue weighted by atomic mass is 31.1. The van der Waals surface area contributed by atoms with E-state index < -0.39 is 23.8 Å². The smallest absolute Gasteiger partial charge is 0.317 e. The summed E-state index contributed by atoms with van der Waals surface area (Å²) in [5.74, 6) is -0.427. The number of hydrogen-bond donors (Lipinski definition) is 2. The number of rotatable bonds is 4. The molecule has 0 spiro atoms. The van der Waals surface area contributed by atoms with Crippen LogP contribution in [0, 0.1) is 5.41 Å². The van der Waals surface area contributed by atoms with Gasteiger partial charge in [0, 0.05) is 0 Å². The van der Waals surface area contributed by atoms with Gasteiger partial charge in [0.15, 0.2) is 0 Å². The van der Waals surface area contributed by atoms with Crippen molar-refractivity contribution in [3.63, 3.8) is 0 Å². The molecule has 2 N–H and O–H groups in total. The molecule has 0 saturated heterocycles. The zero-order valence-electron chi connectivity index (χ0n) is 8.06. The fraction of sp³-hybridized carbons (Fsp3) is 0.333. The zero-order valence-corrected chi connectivity index (χ0v) is 9.06. The lowest BCUT2D eigenvalue weighted by atomic mass is 9.84. The van der Waals surface area contributed by atoms with Gasteiger partial charge in [0.25, 0.3) is 0 Å². The average molecular weight is 230 g/mol. The highest BCUT2D eigenvalue weighted by Gasteiger charge is 2.41. The maximum absolute atomic E-state index is 11.1. The van der Waals surface area contributed by atoms with Crippen LogP contribution < -0.4 is 0 Å². The maximum Gasteiger partial charge on any atom is 0.317 e. The molecule has 1 rings (SSSR count). The van der Waals surface area contributed by atoms with Gasteiger partial charge in [0.1, 0.15) is 11.2 Å². The summed E-state index contributed by atoms with van der Waals surface area (Å²) in [6.07, 6.45) is 2.67. The molecule has 0 bridgehead atoms. The predicted octanol–water partition coefficient (Wildman–Crippen LogP) is 1.57. The standard InChI is InChI=1S/C9H11O5P/c1-9(8(12)13,5-7(10)11)6-3-2-4-15-14-6/h2-4,15H,5H2,1H3,(H,10,11)(H,12,13). The highest BCUT2D eigenvalue weighted by Crippen LogP contribution is 2.38. The summed E-state index contributed by atoms with van der Waals surface area (Å²) in [4.78, 5) is 21.7. The number of carboxylic acid groups (broad SMARTS) is 2. The Morgan fingerprint density at radius 2 is 2.20 bits per heavy atom. The summed E-state index contributed by atoms with van der Waals surface area (Å²) >= 11 is 0. The number of aliphatic carboxylic acids is 2. The molecule has 0 aliphatic carbocycles. The summed E-state index contributed by atoms with van der Waals surface area (Å²) in [5, 5.41) is 17.7. The second-order valence-electron chi connectivity index (χ2n) is 3.32. The summed E-state index contributed by atoms with van der Waals surface area (Å²) in [6.45, 7) is 1.35. The molecular formula is C9H11O5P. The Morgan fingerprint density at radius 3 is 2.60 bits per heavy atom. The van der Waals surface area contributed by atoms with E-state index in [1.807, 2.05) is 0 Å². The van der Waals surface area contributed by atoms with Crippen LogP contribution in [-0.2, 0) is 14.1 Å². The molecule has 2 unspecified atom stereocenters. The second kappa shape index (κ2) is 4.45. The van der Waals surface area contributed by atoms with Crippen LogP contribution in [0.15, 0.2) is 23.7 Å². The van der Waals surface area contributed by atoms with Crippen molar-refractivity contribution in [3.8, 4) is 0 Å². The van der Waals surface area contributed by atoms with Crippen LogP contribution >= 0.6 is 8.81 Å². The lowest BCUT2D eigenvalue weighted by Gasteiger charge is -2.26. The Bertz CT molecular complexity index is 346. The number of carboxylic acids is 2. The van der Waals surface area contributed by atoms with Crippen LogP contribution in [0.25, 0.3) is 0 Å². The Morgan fingerprint density at radius 1 is 1.53 bits per heavy atom. The van der Waals surface area contributed by atoms with Gasteiger partial charge < -0.3 is 14.7 Å². The SMILES string of the molecule is CC(CC(=O)O)(C(=O)O)C1=CC=CPO1. The first-order valence-electron chi connectivity index (χ1n) is 4.21. The third-order valence-electron chi connectivity index (χ3n) is 2.10. The van der Waals surface area contributed by atoms with Crippen LogP contribution in [-0.4, -0.2) is 22.2 Å². The molecule has 1 aliphatic rings. The summed E-state index contributed by atoms with van der Waals surface area (Å²) in [5.41, 5.74) is -1.50. The van der Waals surface area contributed by atoms with Gasteiger partial charge in [-0.3, -0.25) is 9.59 Å². The third kappa shape index (κ3) is 2.57. The van der Waals surface area contributed by atoms with E-state index in [4.69, 9.17) is 14.7 Å². The topological polar surface area (TPSA) is 83.8 Å². The summed E-state index contributed by atoms with van der Waals surface area (Å²) in [7, 11) is 0.0398. The Balaban J connectivity index is 2.99. The fourth-order valence-electron chi connectivity index (χ4n) is 1.17. The second-order valence-corrected chi connectivity index (χ2v) is 4.09. The maximum atomic E-state index is 11.1. The molecule has 0 aromatic heterocycles. The summed E-state index contributed by atoms with van der Waals surface area (Å²) in [6, 6.07) is 0. The molecule has 0 fully saturated rings. The zero-order chi connectivity index (χ0) is 11.5. The minimum absolute atomic E-state index is 0.0398. The van der Waals surface area contributed by atoms with Gasteiger partial charge in [-0.15, -0.1) is 0 Å². The van der Waals surface area contributed by atoms with Crippen molar-refractivity contribution in [2.75, 3.05) is 0 Å². The van der Waals surface area contributed by atoms with Crippen molar-refractivity contribution in [2.24, 2.45) is 5.41 Å². The fourth-order valence-corrected chi connectivity index (χ4v) is 1.84. The molecular weight excluding hydrogens is 219 g/mol. The van der Waals surface area contributed by atoms with Crippen molar-refractivity contribution in [2.45, 2.75) is 13.3 Å². The van der Waals surface area contributed by atoms with Gasteiger partial charge in [-0.2, -0.15) is 0 Å². The number of carbonyl (C=O) groups is 2. The van der Waals surface area contributed by atoms with Crippen molar-refractivity contribution in [1.29, 1.82) is 0 Å². The molecule has 0 amide bonds. The Labute approximate surface area is 88.3 Å². The van der Waals surface area contributed by atoms with E-state index in [2.05, 4.69) is 0 Å². The molecule has 6 heteroatoms. The lowest BCUT2D eigenvalue weighted by Crippen LogP contribution is -2.33. The minimum atomic E-state index is -1.50. The van der Waals surface area contributed by atoms with Gasteiger partial charge in [-0.25, -0.2) is 0 Å². The minimum Gasteiger partial charge on any atom is -0.481 e. The molecule has 82 valence electrons. The van der Waals surface area contributed by atoms with Crippen LogP contribution in [0.1, 0.15) is 13.3 Å². The van der Waals surface area contributed by atoms with Crippen molar-refractivity contribution in [1.82, 2.24) is 0 Å². The molecule has 0 aromatic carbocycles. The molecule has 0 radical (unpaired) electrons. The van der Waals surface area contributed by atoms with E-state index in [0.717, 1.165) is 0 Å². The number of allylic oxidation sites excluding steroid dienone is 2. The molecule has 2 atom stereocenters. The van der Waals surface area contributed by atoms with Gasteiger partial charge in [-0.1, -0.05) is 6.08 Å².